The van der Waals surface area contributed by atoms with Crippen LogP contribution in [-0.4, -0.2) is 17.6 Å². The van der Waals surface area contributed by atoms with Gasteiger partial charge in [-0.15, -0.1) is 0 Å². The molecule has 0 aliphatic carbocycles. The first kappa shape index (κ1) is 10.7. The Bertz CT molecular complexity index is 309. The van der Waals surface area contributed by atoms with Gasteiger partial charge in [-0.05, 0) is 19.4 Å². The van der Waals surface area contributed by atoms with Gasteiger partial charge < -0.3 is 10.3 Å². The topological polar surface area (TPSA) is 81.2 Å². The van der Waals surface area contributed by atoms with Crippen molar-refractivity contribution in [2.24, 2.45) is 11.7 Å². The highest BCUT2D eigenvalue weighted by Crippen LogP contribution is 2.09. The quantitative estimate of drug-likeness (QED) is 0.751. The standard InChI is InChI=1S/C9H15N3O2/c1-6(5-10)3-8(13)11-9-4-7(2)12-14-9/h4,6H,3,5,10H2,1-2H3,(H,11,13). The van der Waals surface area contributed by atoms with Crippen LogP contribution in [0.3, 0.4) is 0 Å². The molecule has 0 aliphatic rings. The summed E-state index contributed by atoms with van der Waals surface area (Å²) < 4.78 is 4.84. The fourth-order valence-corrected chi connectivity index (χ4v) is 1.01. The summed E-state index contributed by atoms with van der Waals surface area (Å²) in [5, 5.41) is 6.26. The molecule has 0 saturated carbocycles. The molecule has 14 heavy (non-hydrogen) atoms. The number of hydrogen-bond acceptors (Lipinski definition) is 4. The number of amides is 1. The van der Waals surface area contributed by atoms with E-state index in [0.717, 1.165) is 5.69 Å². The van der Waals surface area contributed by atoms with Crippen molar-refractivity contribution in [3.63, 3.8) is 0 Å². The summed E-state index contributed by atoms with van der Waals surface area (Å²) in [5.74, 6) is 0.467. The van der Waals surface area contributed by atoms with Gasteiger partial charge in [-0.25, -0.2) is 0 Å². The molecule has 78 valence electrons. The van der Waals surface area contributed by atoms with Crippen molar-refractivity contribution in [3.05, 3.63) is 11.8 Å². The Labute approximate surface area is 82.6 Å². The van der Waals surface area contributed by atoms with Crippen molar-refractivity contribution in [1.29, 1.82) is 0 Å². The van der Waals surface area contributed by atoms with Gasteiger partial charge in [0, 0.05) is 12.5 Å². The van der Waals surface area contributed by atoms with Crippen LogP contribution >= 0.6 is 0 Å². The number of hydrogen-bond donors (Lipinski definition) is 2. The molecular weight excluding hydrogens is 182 g/mol. The smallest absolute Gasteiger partial charge is 0.231 e. The van der Waals surface area contributed by atoms with Gasteiger partial charge in [-0.3, -0.25) is 10.1 Å². The third-order valence-electron chi connectivity index (χ3n) is 1.83. The fourth-order valence-electron chi connectivity index (χ4n) is 1.01. The zero-order valence-corrected chi connectivity index (χ0v) is 8.41. The second-order valence-corrected chi connectivity index (χ2v) is 3.43. The summed E-state index contributed by atoms with van der Waals surface area (Å²) in [7, 11) is 0. The molecule has 5 nitrogen and oxygen atoms in total. The number of nitrogens with zero attached hydrogens (tertiary/aromatic N) is 1. The highest BCUT2D eigenvalue weighted by molar-refractivity contribution is 5.89. The van der Waals surface area contributed by atoms with Crippen LogP contribution in [0.2, 0.25) is 0 Å². The van der Waals surface area contributed by atoms with E-state index in [0.29, 0.717) is 18.8 Å². The molecule has 0 fully saturated rings. The SMILES string of the molecule is Cc1cc(NC(=O)CC(C)CN)on1. The minimum atomic E-state index is -0.0981. The third-order valence-corrected chi connectivity index (χ3v) is 1.83. The summed E-state index contributed by atoms with van der Waals surface area (Å²) in [4.78, 5) is 11.3. The van der Waals surface area contributed by atoms with Gasteiger partial charge in [-0.2, -0.15) is 0 Å². The van der Waals surface area contributed by atoms with Gasteiger partial charge in [0.1, 0.15) is 0 Å². The molecule has 1 aromatic rings. The summed E-state index contributed by atoms with van der Waals surface area (Å²) in [5.41, 5.74) is 6.14. The number of nitrogens with one attached hydrogen (secondary N) is 1. The number of carbonyl (C=O) groups excluding carboxylic acids is 1. The van der Waals surface area contributed by atoms with Crippen LogP contribution in [0.25, 0.3) is 0 Å². The number of anilines is 1. The lowest BCUT2D eigenvalue weighted by Gasteiger charge is -2.06. The van der Waals surface area contributed by atoms with Crippen LogP contribution in [0.1, 0.15) is 19.0 Å². The van der Waals surface area contributed by atoms with E-state index in [1.54, 1.807) is 13.0 Å². The van der Waals surface area contributed by atoms with Gasteiger partial charge in [0.2, 0.25) is 11.8 Å². The van der Waals surface area contributed by atoms with E-state index in [-0.39, 0.29) is 11.8 Å². The van der Waals surface area contributed by atoms with E-state index in [2.05, 4.69) is 10.5 Å². The Kier molecular flexibility index (Phi) is 3.64. The molecule has 5 heteroatoms. The van der Waals surface area contributed by atoms with E-state index < -0.39 is 0 Å². The fraction of sp³-hybridized carbons (Fsp3) is 0.556. The average Bonchev–Trinajstić information content (AvgIpc) is 2.50. The van der Waals surface area contributed by atoms with Crippen molar-refractivity contribution in [1.82, 2.24) is 5.16 Å². The van der Waals surface area contributed by atoms with Crippen LogP contribution < -0.4 is 11.1 Å². The summed E-state index contributed by atoms with van der Waals surface area (Å²) >= 11 is 0. The predicted molar refractivity (Wildman–Crippen MR) is 52.7 cm³/mol. The molecule has 0 bridgehead atoms. The largest absolute Gasteiger partial charge is 0.338 e. The molecule has 1 amide bonds. The van der Waals surface area contributed by atoms with E-state index in [1.165, 1.54) is 0 Å². The van der Waals surface area contributed by atoms with Crippen molar-refractivity contribution in [3.8, 4) is 0 Å². The summed E-state index contributed by atoms with van der Waals surface area (Å²) in [6.07, 6.45) is 0.399. The number of nitrogens with two attached hydrogens (primary N) is 1. The summed E-state index contributed by atoms with van der Waals surface area (Å²) in [6, 6.07) is 1.67. The van der Waals surface area contributed by atoms with E-state index in [9.17, 15) is 4.79 Å². The Morgan fingerprint density at radius 1 is 1.79 bits per heavy atom. The zero-order valence-electron chi connectivity index (χ0n) is 8.41. The molecule has 0 spiro atoms. The normalized spacial score (nSPS) is 12.5. The second kappa shape index (κ2) is 4.76. The molecule has 0 aliphatic heterocycles. The van der Waals surface area contributed by atoms with E-state index >= 15 is 0 Å². The lowest BCUT2D eigenvalue weighted by Crippen LogP contribution is -2.19. The molecule has 1 aromatic heterocycles. The van der Waals surface area contributed by atoms with Gasteiger partial charge in [0.25, 0.3) is 0 Å². The molecule has 0 radical (unpaired) electrons. The van der Waals surface area contributed by atoms with Crippen LogP contribution in [0.15, 0.2) is 10.6 Å². The first-order chi connectivity index (χ1) is 6.61. The lowest BCUT2D eigenvalue weighted by atomic mass is 10.1. The van der Waals surface area contributed by atoms with E-state index in [4.69, 9.17) is 10.3 Å². The molecule has 0 aromatic carbocycles. The lowest BCUT2D eigenvalue weighted by molar-refractivity contribution is -0.117. The first-order valence-corrected chi connectivity index (χ1v) is 4.55. The molecule has 0 saturated heterocycles. The Morgan fingerprint density at radius 3 is 3.00 bits per heavy atom. The highest BCUT2D eigenvalue weighted by Gasteiger charge is 2.09. The third kappa shape index (κ3) is 3.18. The molecule has 1 unspecified atom stereocenters. The number of aryl methyl sites for hydroxylation is 1. The second-order valence-electron chi connectivity index (χ2n) is 3.43. The minimum absolute atomic E-state index is 0.0981. The number of rotatable bonds is 4. The number of carbonyl (C=O) groups is 1. The Morgan fingerprint density at radius 2 is 2.50 bits per heavy atom. The molecule has 1 heterocycles. The maximum Gasteiger partial charge on any atom is 0.231 e. The zero-order chi connectivity index (χ0) is 10.6. The first-order valence-electron chi connectivity index (χ1n) is 4.55. The van der Waals surface area contributed by atoms with Crippen LogP contribution in [0.5, 0.6) is 0 Å². The van der Waals surface area contributed by atoms with Crippen LogP contribution in [0, 0.1) is 12.8 Å². The van der Waals surface area contributed by atoms with Gasteiger partial charge in [0.05, 0.1) is 5.69 Å². The molecule has 1 rings (SSSR count). The van der Waals surface area contributed by atoms with Crippen LogP contribution in [0.4, 0.5) is 5.88 Å². The summed E-state index contributed by atoms with van der Waals surface area (Å²) in [6.45, 7) is 4.22. The van der Waals surface area contributed by atoms with Crippen molar-refractivity contribution in [2.75, 3.05) is 11.9 Å². The Hall–Kier alpha value is -1.36. The average molecular weight is 197 g/mol. The molecule has 1 atom stereocenters. The monoisotopic (exact) mass is 197 g/mol. The van der Waals surface area contributed by atoms with Crippen LogP contribution in [-0.2, 0) is 4.79 Å². The van der Waals surface area contributed by atoms with Crippen molar-refractivity contribution < 1.29 is 9.32 Å². The minimum Gasteiger partial charge on any atom is -0.338 e. The molecular formula is C9H15N3O2. The maximum absolute atomic E-state index is 11.3. The van der Waals surface area contributed by atoms with Gasteiger partial charge in [0.15, 0.2) is 0 Å². The van der Waals surface area contributed by atoms with Gasteiger partial charge >= 0.3 is 0 Å². The molecule has 3 N–H and O–H groups in total. The van der Waals surface area contributed by atoms with Crippen molar-refractivity contribution >= 4 is 11.8 Å². The Balaban J connectivity index is 2.41. The number of aromatic nitrogens is 1. The predicted octanol–water partition coefficient (Wildman–Crippen LogP) is 0.906. The highest BCUT2D eigenvalue weighted by atomic mass is 16.5. The maximum atomic E-state index is 11.3. The van der Waals surface area contributed by atoms with Crippen molar-refractivity contribution in [2.45, 2.75) is 20.3 Å². The van der Waals surface area contributed by atoms with E-state index in [1.807, 2.05) is 6.92 Å². The van der Waals surface area contributed by atoms with Gasteiger partial charge in [-0.1, -0.05) is 12.1 Å².